The molecule has 1 aliphatic carbocycles. The summed E-state index contributed by atoms with van der Waals surface area (Å²) in [5.41, 5.74) is 0.00834. The molecular weight excluding hydrogens is 220 g/mol. The number of nitro groups is 1. The molecule has 5 heteroatoms. The third-order valence-corrected chi connectivity index (χ3v) is 2.93. The third-order valence-electron chi connectivity index (χ3n) is 2.93. The number of rotatable bonds is 3. The molecule has 1 fully saturated rings. The fourth-order valence-electron chi connectivity index (χ4n) is 2.06. The molecule has 2 rings (SSSR count). The number of ether oxygens (including phenoxy) is 1. The van der Waals surface area contributed by atoms with Crippen LogP contribution in [0.3, 0.4) is 0 Å². The Bertz CT molecular complexity index is 467. The summed E-state index contributed by atoms with van der Waals surface area (Å²) in [7, 11) is 0. The van der Waals surface area contributed by atoms with E-state index in [9.17, 15) is 10.1 Å². The molecule has 1 aliphatic rings. The second-order valence-corrected chi connectivity index (χ2v) is 4.08. The maximum absolute atomic E-state index is 10.6. The van der Waals surface area contributed by atoms with E-state index in [2.05, 4.69) is 6.07 Å². The lowest BCUT2D eigenvalue weighted by molar-refractivity contribution is -0.384. The van der Waals surface area contributed by atoms with Crippen molar-refractivity contribution in [1.29, 1.82) is 5.26 Å². The highest BCUT2D eigenvalue weighted by Gasteiger charge is 2.29. The van der Waals surface area contributed by atoms with Gasteiger partial charge in [-0.15, -0.1) is 0 Å². The van der Waals surface area contributed by atoms with E-state index in [1.807, 2.05) is 0 Å². The van der Waals surface area contributed by atoms with Crippen LogP contribution in [0.5, 0.6) is 5.75 Å². The van der Waals surface area contributed by atoms with E-state index in [0.717, 1.165) is 19.3 Å². The molecule has 1 saturated carbocycles. The topological polar surface area (TPSA) is 76.2 Å². The second-order valence-electron chi connectivity index (χ2n) is 4.08. The highest BCUT2D eigenvalue weighted by atomic mass is 16.6. The molecule has 17 heavy (non-hydrogen) atoms. The van der Waals surface area contributed by atoms with Gasteiger partial charge in [0.1, 0.15) is 11.9 Å². The van der Waals surface area contributed by atoms with Gasteiger partial charge in [0.2, 0.25) is 0 Å². The van der Waals surface area contributed by atoms with Crippen molar-refractivity contribution < 1.29 is 9.66 Å². The van der Waals surface area contributed by atoms with Crippen LogP contribution in [0.4, 0.5) is 5.69 Å². The Morgan fingerprint density at radius 3 is 3.00 bits per heavy atom. The largest absolute Gasteiger partial charge is 0.489 e. The molecule has 1 aromatic carbocycles. The van der Waals surface area contributed by atoms with E-state index in [1.165, 1.54) is 12.1 Å². The highest BCUT2D eigenvalue weighted by molar-refractivity contribution is 5.38. The van der Waals surface area contributed by atoms with Gasteiger partial charge in [0.25, 0.3) is 5.69 Å². The van der Waals surface area contributed by atoms with Crippen LogP contribution in [0.25, 0.3) is 0 Å². The Hall–Kier alpha value is -2.09. The van der Waals surface area contributed by atoms with Crippen molar-refractivity contribution in [2.45, 2.75) is 25.4 Å². The molecule has 0 N–H and O–H groups in total. The summed E-state index contributed by atoms with van der Waals surface area (Å²) in [6.45, 7) is 0. The number of nitro benzene ring substituents is 1. The molecular formula is C12H12N2O3. The standard InChI is InChI=1S/C12H12N2O3/c13-8-9-3-1-6-12(9)17-11-5-2-4-10(7-11)14(15)16/h2,4-5,7,9,12H,1,3,6H2. The van der Waals surface area contributed by atoms with E-state index in [-0.39, 0.29) is 17.7 Å². The molecule has 1 aromatic rings. The number of non-ortho nitro benzene ring substituents is 1. The summed E-state index contributed by atoms with van der Waals surface area (Å²) in [6.07, 6.45) is 2.51. The first-order valence-electron chi connectivity index (χ1n) is 5.51. The predicted molar refractivity (Wildman–Crippen MR) is 60.5 cm³/mol. The van der Waals surface area contributed by atoms with Crippen LogP contribution in [0.15, 0.2) is 24.3 Å². The Labute approximate surface area is 98.8 Å². The van der Waals surface area contributed by atoms with Crippen LogP contribution in [0, 0.1) is 27.4 Å². The van der Waals surface area contributed by atoms with Crippen molar-refractivity contribution >= 4 is 5.69 Å². The SMILES string of the molecule is N#CC1CCCC1Oc1cccc([N+](=O)[O-])c1. The normalized spacial score (nSPS) is 23.0. The monoisotopic (exact) mass is 232 g/mol. The molecule has 0 saturated heterocycles. The summed E-state index contributed by atoms with van der Waals surface area (Å²) in [6, 6.07) is 8.30. The minimum Gasteiger partial charge on any atom is -0.489 e. The van der Waals surface area contributed by atoms with E-state index in [1.54, 1.807) is 12.1 Å². The van der Waals surface area contributed by atoms with Crippen LogP contribution in [0.2, 0.25) is 0 Å². The van der Waals surface area contributed by atoms with Gasteiger partial charge in [0.15, 0.2) is 0 Å². The van der Waals surface area contributed by atoms with E-state index in [0.29, 0.717) is 5.75 Å². The fraction of sp³-hybridized carbons (Fsp3) is 0.417. The zero-order valence-electron chi connectivity index (χ0n) is 9.20. The number of nitriles is 1. The van der Waals surface area contributed by atoms with E-state index >= 15 is 0 Å². The number of hydrogen-bond acceptors (Lipinski definition) is 4. The minimum absolute atomic E-state index is 0.00834. The van der Waals surface area contributed by atoms with Crippen molar-refractivity contribution in [2.24, 2.45) is 5.92 Å². The van der Waals surface area contributed by atoms with Gasteiger partial charge in [-0.2, -0.15) is 5.26 Å². The third kappa shape index (κ3) is 2.53. The number of benzene rings is 1. The summed E-state index contributed by atoms with van der Waals surface area (Å²) >= 11 is 0. The summed E-state index contributed by atoms with van der Waals surface area (Å²) in [4.78, 5) is 10.2. The molecule has 0 aromatic heterocycles. The molecule has 5 nitrogen and oxygen atoms in total. The molecule has 0 heterocycles. The lowest BCUT2D eigenvalue weighted by Crippen LogP contribution is -2.20. The quantitative estimate of drug-likeness (QED) is 0.593. The van der Waals surface area contributed by atoms with Crippen molar-refractivity contribution in [2.75, 3.05) is 0 Å². The lowest BCUT2D eigenvalue weighted by atomic mass is 10.1. The van der Waals surface area contributed by atoms with Crippen molar-refractivity contribution in [3.8, 4) is 11.8 Å². The lowest BCUT2D eigenvalue weighted by Gasteiger charge is -2.15. The Morgan fingerprint density at radius 1 is 1.47 bits per heavy atom. The van der Waals surface area contributed by atoms with Gasteiger partial charge in [-0.1, -0.05) is 6.07 Å². The Kier molecular flexibility index (Phi) is 3.24. The van der Waals surface area contributed by atoms with Crippen molar-refractivity contribution in [3.63, 3.8) is 0 Å². The first kappa shape index (κ1) is 11.4. The molecule has 2 unspecified atom stereocenters. The molecule has 88 valence electrons. The zero-order chi connectivity index (χ0) is 12.3. The Balaban J connectivity index is 2.11. The first-order valence-corrected chi connectivity index (χ1v) is 5.51. The van der Waals surface area contributed by atoms with Gasteiger partial charge >= 0.3 is 0 Å². The average molecular weight is 232 g/mol. The van der Waals surface area contributed by atoms with Crippen molar-refractivity contribution in [3.05, 3.63) is 34.4 Å². The average Bonchev–Trinajstić information content (AvgIpc) is 2.76. The minimum atomic E-state index is -0.455. The van der Waals surface area contributed by atoms with Gasteiger partial charge in [-0.3, -0.25) is 10.1 Å². The van der Waals surface area contributed by atoms with Gasteiger partial charge in [0, 0.05) is 6.07 Å². The maximum Gasteiger partial charge on any atom is 0.273 e. The molecule has 2 atom stereocenters. The second kappa shape index (κ2) is 4.83. The number of hydrogen-bond donors (Lipinski definition) is 0. The molecule has 0 bridgehead atoms. The molecule has 0 radical (unpaired) electrons. The highest BCUT2D eigenvalue weighted by Crippen LogP contribution is 2.30. The first-order chi connectivity index (χ1) is 8.20. The fourth-order valence-corrected chi connectivity index (χ4v) is 2.06. The van der Waals surface area contributed by atoms with Crippen LogP contribution in [-0.2, 0) is 0 Å². The summed E-state index contributed by atoms with van der Waals surface area (Å²) in [5, 5.41) is 19.5. The van der Waals surface area contributed by atoms with E-state index < -0.39 is 4.92 Å². The zero-order valence-corrected chi connectivity index (χ0v) is 9.20. The summed E-state index contributed by atoms with van der Waals surface area (Å²) < 4.78 is 5.64. The van der Waals surface area contributed by atoms with Gasteiger partial charge in [-0.25, -0.2) is 0 Å². The van der Waals surface area contributed by atoms with Crippen molar-refractivity contribution in [1.82, 2.24) is 0 Å². The van der Waals surface area contributed by atoms with E-state index in [4.69, 9.17) is 10.00 Å². The predicted octanol–water partition coefficient (Wildman–Crippen LogP) is 2.67. The maximum atomic E-state index is 10.6. The van der Waals surface area contributed by atoms with Crippen LogP contribution < -0.4 is 4.74 Å². The van der Waals surface area contributed by atoms with Crippen LogP contribution in [0.1, 0.15) is 19.3 Å². The summed E-state index contributed by atoms with van der Waals surface area (Å²) in [5.74, 6) is 0.362. The van der Waals surface area contributed by atoms with Crippen LogP contribution in [-0.4, -0.2) is 11.0 Å². The number of nitrogens with zero attached hydrogens (tertiary/aromatic N) is 2. The van der Waals surface area contributed by atoms with Gasteiger partial charge < -0.3 is 4.74 Å². The van der Waals surface area contributed by atoms with Gasteiger partial charge in [0.05, 0.1) is 23.0 Å². The van der Waals surface area contributed by atoms with Crippen LogP contribution >= 0.6 is 0 Å². The molecule has 0 amide bonds. The molecule has 0 spiro atoms. The van der Waals surface area contributed by atoms with Gasteiger partial charge in [-0.05, 0) is 25.3 Å². The smallest absolute Gasteiger partial charge is 0.273 e. The Morgan fingerprint density at radius 2 is 2.29 bits per heavy atom. The molecule has 0 aliphatic heterocycles.